The van der Waals surface area contributed by atoms with Crippen molar-refractivity contribution in [1.29, 1.82) is 0 Å². The predicted molar refractivity (Wildman–Crippen MR) is 75.9 cm³/mol. The average Bonchev–Trinajstić information content (AvgIpc) is 2.89. The Bertz CT molecular complexity index is 239. The first-order valence-corrected chi connectivity index (χ1v) is 7.73. The SMILES string of the molecule is CNC1CCOCC1N(CC(C)C)C1CCCC1. The van der Waals surface area contributed by atoms with Gasteiger partial charge in [-0.2, -0.15) is 0 Å². The van der Waals surface area contributed by atoms with E-state index in [1.807, 2.05) is 0 Å². The molecule has 0 spiro atoms. The molecule has 1 heterocycles. The zero-order valence-corrected chi connectivity index (χ0v) is 12.3. The minimum atomic E-state index is 0.578. The normalized spacial score (nSPS) is 30.5. The highest BCUT2D eigenvalue weighted by atomic mass is 16.5. The molecule has 2 rings (SSSR count). The molecule has 1 aliphatic heterocycles. The van der Waals surface area contributed by atoms with Crippen molar-refractivity contribution in [2.24, 2.45) is 5.92 Å². The molecule has 1 N–H and O–H groups in total. The first kappa shape index (κ1) is 14.3. The average molecular weight is 254 g/mol. The highest BCUT2D eigenvalue weighted by Crippen LogP contribution is 2.28. The van der Waals surface area contributed by atoms with Gasteiger partial charge in [-0.15, -0.1) is 0 Å². The van der Waals surface area contributed by atoms with E-state index in [1.165, 1.54) is 32.2 Å². The van der Waals surface area contributed by atoms with Crippen molar-refractivity contribution in [2.45, 2.75) is 64.1 Å². The van der Waals surface area contributed by atoms with Crippen molar-refractivity contribution in [2.75, 3.05) is 26.8 Å². The van der Waals surface area contributed by atoms with Crippen molar-refractivity contribution in [3.05, 3.63) is 0 Å². The van der Waals surface area contributed by atoms with E-state index in [0.29, 0.717) is 12.1 Å². The third-order valence-corrected chi connectivity index (χ3v) is 4.49. The van der Waals surface area contributed by atoms with Gasteiger partial charge in [-0.25, -0.2) is 0 Å². The van der Waals surface area contributed by atoms with Gasteiger partial charge < -0.3 is 10.1 Å². The van der Waals surface area contributed by atoms with E-state index >= 15 is 0 Å². The van der Waals surface area contributed by atoms with Gasteiger partial charge in [0, 0.05) is 31.3 Å². The molecule has 18 heavy (non-hydrogen) atoms. The molecule has 1 saturated heterocycles. The Hall–Kier alpha value is -0.120. The summed E-state index contributed by atoms with van der Waals surface area (Å²) in [5, 5.41) is 3.51. The van der Waals surface area contributed by atoms with Crippen LogP contribution < -0.4 is 5.32 Å². The Morgan fingerprint density at radius 2 is 1.94 bits per heavy atom. The fourth-order valence-electron chi connectivity index (χ4n) is 3.60. The number of nitrogens with one attached hydrogen (secondary N) is 1. The van der Waals surface area contributed by atoms with Gasteiger partial charge in [-0.05, 0) is 32.2 Å². The molecule has 3 heteroatoms. The van der Waals surface area contributed by atoms with Gasteiger partial charge in [-0.3, -0.25) is 4.90 Å². The quantitative estimate of drug-likeness (QED) is 0.814. The lowest BCUT2D eigenvalue weighted by molar-refractivity contribution is -0.0218. The maximum Gasteiger partial charge on any atom is 0.0637 e. The van der Waals surface area contributed by atoms with Gasteiger partial charge in [-0.1, -0.05) is 26.7 Å². The molecule has 2 aliphatic rings. The van der Waals surface area contributed by atoms with Gasteiger partial charge in [0.25, 0.3) is 0 Å². The van der Waals surface area contributed by atoms with Crippen LogP contribution in [0.25, 0.3) is 0 Å². The second kappa shape index (κ2) is 6.88. The number of likely N-dealkylation sites (N-methyl/N-ethyl adjacent to an activating group) is 1. The lowest BCUT2D eigenvalue weighted by Gasteiger charge is -2.43. The Kier molecular flexibility index (Phi) is 5.46. The molecule has 1 saturated carbocycles. The van der Waals surface area contributed by atoms with Crippen LogP contribution in [0.5, 0.6) is 0 Å². The smallest absolute Gasteiger partial charge is 0.0637 e. The molecule has 0 aromatic rings. The summed E-state index contributed by atoms with van der Waals surface area (Å²) in [4.78, 5) is 2.76. The third-order valence-electron chi connectivity index (χ3n) is 4.49. The summed E-state index contributed by atoms with van der Waals surface area (Å²) < 4.78 is 5.75. The summed E-state index contributed by atoms with van der Waals surface area (Å²) in [6.07, 6.45) is 6.76. The number of ether oxygens (including phenoxy) is 1. The third kappa shape index (κ3) is 3.46. The van der Waals surface area contributed by atoms with Crippen LogP contribution in [-0.2, 0) is 4.74 Å². The van der Waals surface area contributed by atoms with Crippen LogP contribution in [0.2, 0.25) is 0 Å². The molecular formula is C15H30N2O. The van der Waals surface area contributed by atoms with Gasteiger partial charge >= 0.3 is 0 Å². The number of rotatable bonds is 5. The largest absolute Gasteiger partial charge is 0.380 e. The summed E-state index contributed by atoms with van der Waals surface area (Å²) in [5.41, 5.74) is 0. The predicted octanol–water partition coefficient (Wildman–Crippen LogP) is 2.26. The second-order valence-electron chi connectivity index (χ2n) is 6.36. The molecule has 2 unspecified atom stereocenters. The van der Waals surface area contributed by atoms with Crippen molar-refractivity contribution < 1.29 is 4.74 Å². The summed E-state index contributed by atoms with van der Waals surface area (Å²) in [5.74, 6) is 0.741. The minimum absolute atomic E-state index is 0.578. The van der Waals surface area contributed by atoms with Gasteiger partial charge in [0.1, 0.15) is 0 Å². The maximum absolute atomic E-state index is 5.75. The highest BCUT2D eigenvalue weighted by Gasteiger charge is 2.35. The van der Waals surface area contributed by atoms with E-state index in [-0.39, 0.29) is 0 Å². The Morgan fingerprint density at radius 1 is 1.22 bits per heavy atom. The van der Waals surface area contributed by atoms with Crippen molar-refractivity contribution in [3.8, 4) is 0 Å². The van der Waals surface area contributed by atoms with E-state index in [2.05, 4.69) is 31.1 Å². The fourth-order valence-corrected chi connectivity index (χ4v) is 3.60. The van der Waals surface area contributed by atoms with Crippen LogP contribution in [0.3, 0.4) is 0 Å². The molecule has 2 fully saturated rings. The van der Waals surface area contributed by atoms with Gasteiger partial charge in [0.05, 0.1) is 6.61 Å². The van der Waals surface area contributed by atoms with Crippen LogP contribution in [-0.4, -0.2) is 49.8 Å². The van der Waals surface area contributed by atoms with Crippen LogP contribution in [0.4, 0.5) is 0 Å². The van der Waals surface area contributed by atoms with Crippen molar-refractivity contribution in [1.82, 2.24) is 10.2 Å². The molecule has 0 bridgehead atoms. The lowest BCUT2D eigenvalue weighted by Crippen LogP contribution is -2.57. The van der Waals surface area contributed by atoms with E-state index in [1.54, 1.807) is 0 Å². The molecule has 106 valence electrons. The van der Waals surface area contributed by atoms with Gasteiger partial charge in [0.2, 0.25) is 0 Å². The molecule has 2 atom stereocenters. The standard InChI is InChI=1S/C15H30N2O/c1-12(2)10-17(13-6-4-5-7-13)15-11-18-9-8-14(15)16-3/h12-16H,4-11H2,1-3H3. The molecule has 1 aliphatic carbocycles. The number of hydrogen-bond acceptors (Lipinski definition) is 3. The van der Waals surface area contributed by atoms with E-state index in [4.69, 9.17) is 4.74 Å². The zero-order chi connectivity index (χ0) is 13.0. The first-order chi connectivity index (χ1) is 8.72. The van der Waals surface area contributed by atoms with Crippen LogP contribution >= 0.6 is 0 Å². The molecule has 0 aromatic carbocycles. The second-order valence-corrected chi connectivity index (χ2v) is 6.36. The van der Waals surface area contributed by atoms with E-state index in [0.717, 1.165) is 31.6 Å². The molecular weight excluding hydrogens is 224 g/mol. The van der Waals surface area contributed by atoms with Crippen molar-refractivity contribution in [3.63, 3.8) is 0 Å². The van der Waals surface area contributed by atoms with E-state index < -0.39 is 0 Å². The maximum atomic E-state index is 5.75. The minimum Gasteiger partial charge on any atom is -0.380 e. The number of nitrogens with zero attached hydrogens (tertiary/aromatic N) is 1. The Labute approximate surface area is 112 Å². The highest BCUT2D eigenvalue weighted by molar-refractivity contribution is 4.91. The van der Waals surface area contributed by atoms with Crippen LogP contribution in [0, 0.1) is 5.92 Å². The van der Waals surface area contributed by atoms with E-state index in [9.17, 15) is 0 Å². The Balaban J connectivity index is 2.05. The topological polar surface area (TPSA) is 24.5 Å². The molecule has 0 radical (unpaired) electrons. The van der Waals surface area contributed by atoms with Crippen LogP contribution in [0.15, 0.2) is 0 Å². The monoisotopic (exact) mass is 254 g/mol. The first-order valence-electron chi connectivity index (χ1n) is 7.73. The zero-order valence-electron chi connectivity index (χ0n) is 12.3. The molecule has 0 aromatic heterocycles. The molecule has 3 nitrogen and oxygen atoms in total. The van der Waals surface area contributed by atoms with Crippen LogP contribution in [0.1, 0.15) is 46.0 Å². The lowest BCUT2D eigenvalue weighted by atomic mass is 9.98. The number of hydrogen-bond donors (Lipinski definition) is 1. The molecule has 0 amide bonds. The Morgan fingerprint density at radius 3 is 2.56 bits per heavy atom. The van der Waals surface area contributed by atoms with Gasteiger partial charge in [0.15, 0.2) is 0 Å². The summed E-state index contributed by atoms with van der Waals surface area (Å²) >= 11 is 0. The van der Waals surface area contributed by atoms with Crippen molar-refractivity contribution >= 4 is 0 Å². The summed E-state index contributed by atoms with van der Waals surface area (Å²) in [6.45, 7) is 7.72. The summed E-state index contributed by atoms with van der Waals surface area (Å²) in [7, 11) is 2.10. The fraction of sp³-hybridized carbons (Fsp3) is 1.00. The summed E-state index contributed by atoms with van der Waals surface area (Å²) in [6, 6.07) is 1.99.